The molecule has 276 valence electrons. The molecule has 0 radical (unpaired) electrons. The molecule has 2 fully saturated rings. The molecule has 5 aromatic rings. The third kappa shape index (κ3) is 6.90. The zero-order chi connectivity index (χ0) is 38.7. The molecule has 0 unspecified atom stereocenters. The second kappa shape index (κ2) is 14.0. The summed E-state index contributed by atoms with van der Waals surface area (Å²) in [5, 5.41) is 5.58. The van der Waals surface area contributed by atoms with Crippen LogP contribution in [0.15, 0.2) is 128 Å². The normalized spacial score (nSPS) is 20.1. The Labute approximate surface area is 324 Å². The van der Waals surface area contributed by atoms with Gasteiger partial charge in [0.15, 0.2) is 0 Å². The largest absolute Gasteiger partial charge is 0.494 e. The maximum absolute atomic E-state index is 6.23. The molecule has 0 saturated carbocycles. The van der Waals surface area contributed by atoms with Gasteiger partial charge in [-0.05, 0) is 128 Å². The average Bonchev–Trinajstić information content (AvgIpc) is 3.61. The molecule has 0 aliphatic carbocycles. The number of rotatable bonds is 6. The van der Waals surface area contributed by atoms with E-state index in [-0.39, 0.29) is 36.6 Å². The minimum Gasteiger partial charge on any atom is -0.399 e. The Morgan fingerprint density at radius 3 is 1.50 bits per heavy atom. The van der Waals surface area contributed by atoms with Crippen molar-refractivity contribution in [2.75, 3.05) is 0 Å². The van der Waals surface area contributed by atoms with E-state index in [1.54, 1.807) is 0 Å². The fourth-order valence-electron chi connectivity index (χ4n) is 7.80. The van der Waals surface area contributed by atoms with Crippen molar-refractivity contribution >= 4 is 60.0 Å². The lowest BCUT2D eigenvalue weighted by atomic mass is 9.78. The van der Waals surface area contributed by atoms with Crippen LogP contribution in [0, 0.1) is 0 Å². The topological polar surface area (TPSA) is 36.9 Å². The summed E-state index contributed by atoms with van der Waals surface area (Å²) < 4.78 is 24.7. The molecule has 0 amide bonds. The zero-order valence-electron chi connectivity index (χ0n) is 33.7. The summed E-state index contributed by atoms with van der Waals surface area (Å²) in [5.41, 5.74) is 7.46. The highest BCUT2D eigenvalue weighted by Gasteiger charge is 2.52. The Bertz CT molecular complexity index is 2190. The minimum absolute atomic E-state index is 0.310. The summed E-state index contributed by atoms with van der Waals surface area (Å²) in [4.78, 5) is 0. The van der Waals surface area contributed by atoms with Crippen LogP contribution in [0.1, 0.15) is 72.9 Å². The monoisotopic (exact) mass is 732 g/mol. The van der Waals surface area contributed by atoms with Crippen LogP contribution in [0.25, 0.3) is 32.7 Å². The van der Waals surface area contributed by atoms with E-state index in [9.17, 15) is 0 Å². The van der Waals surface area contributed by atoms with Gasteiger partial charge >= 0.3 is 14.2 Å². The molecule has 7 heteroatoms. The van der Waals surface area contributed by atoms with Crippen molar-refractivity contribution in [2.24, 2.45) is 0 Å². The van der Waals surface area contributed by atoms with Crippen LogP contribution in [0.2, 0.25) is 13.1 Å². The van der Waals surface area contributed by atoms with E-state index in [0.29, 0.717) is 0 Å². The van der Waals surface area contributed by atoms with Crippen molar-refractivity contribution in [3.8, 4) is 11.1 Å². The lowest BCUT2D eigenvalue weighted by Gasteiger charge is -2.32. The fraction of sp³-hybridized carbons (Fsp3) is 0.319. The van der Waals surface area contributed by atoms with Crippen LogP contribution >= 0.6 is 0 Å². The second-order valence-corrected chi connectivity index (χ2v) is 21.8. The van der Waals surface area contributed by atoms with Crippen LogP contribution < -0.4 is 16.1 Å². The van der Waals surface area contributed by atoms with Gasteiger partial charge in [0, 0.05) is 0 Å². The molecule has 3 heterocycles. The maximum Gasteiger partial charge on any atom is 0.494 e. The van der Waals surface area contributed by atoms with Crippen molar-refractivity contribution in [3.05, 3.63) is 139 Å². The highest BCUT2D eigenvalue weighted by atomic mass is 28.3. The van der Waals surface area contributed by atoms with E-state index in [2.05, 4.69) is 190 Å². The lowest BCUT2D eigenvalue weighted by molar-refractivity contribution is 0.00578. The Kier molecular flexibility index (Phi) is 9.90. The summed E-state index contributed by atoms with van der Waals surface area (Å²) in [6, 6.07) is 41.3. The second-order valence-electron chi connectivity index (χ2n) is 17.5. The fourth-order valence-corrected chi connectivity index (χ4v) is 11.4. The van der Waals surface area contributed by atoms with Gasteiger partial charge in [-0.1, -0.05) is 128 Å². The summed E-state index contributed by atoms with van der Waals surface area (Å²) in [6.07, 6.45) is 2.93. The Balaban J connectivity index is 0.000000168. The van der Waals surface area contributed by atoms with E-state index in [0.717, 1.165) is 17.3 Å². The molecule has 2 saturated heterocycles. The van der Waals surface area contributed by atoms with Gasteiger partial charge in [0.1, 0.15) is 8.07 Å². The van der Waals surface area contributed by atoms with Gasteiger partial charge in [0.25, 0.3) is 0 Å². The number of benzene rings is 5. The predicted molar refractivity (Wildman–Crippen MR) is 232 cm³/mol. The van der Waals surface area contributed by atoms with E-state index in [4.69, 9.17) is 18.6 Å². The minimum atomic E-state index is -1.76. The molecule has 0 aromatic heterocycles. The maximum atomic E-state index is 6.23. The summed E-state index contributed by atoms with van der Waals surface area (Å²) in [6.45, 7) is 25.6. The summed E-state index contributed by atoms with van der Waals surface area (Å²) in [5.74, 6) is 0. The summed E-state index contributed by atoms with van der Waals surface area (Å²) in [7, 11) is -2.38. The molecule has 3 aliphatic rings. The third-order valence-electron chi connectivity index (χ3n) is 12.4. The third-order valence-corrected chi connectivity index (χ3v) is 16.1. The van der Waals surface area contributed by atoms with E-state index in [1.165, 1.54) is 49.0 Å². The van der Waals surface area contributed by atoms with Gasteiger partial charge in [0.2, 0.25) is 0 Å². The van der Waals surface area contributed by atoms with Crippen LogP contribution in [0.4, 0.5) is 0 Å². The number of hydrogen-bond acceptors (Lipinski definition) is 4. The first-order valence-corrected chi connectivity index (χ1v) is 22.3. The molecule has 4 nitrogen and oxygen atoms in total. The standard InChI is InChI=1S/C25H31BO2Si.C22H23BO2/c1-8-11-21-20-12-9-10-13-22(20)29(6,7)23(21)18-14-16-19(17-15-18)26-27-24(2,3)25(4,5)28-26;1-21(2)22(3,4)25-23(24-21)20-13-11-17(12-14-20)19-10-9-16-7-5-6-8-18(16)15-19/h8-10,12-17H,1,11H2,2-7H3;5-15H,1-4H3. The first-order chi connectivity index (χ1) is 25.4. The van der Waals surface area contributed by atoms with Crippen molar-refractivity contribution in [1.29, 1.82) is 0 Å². The predicted octanol–water partition coefficient (Wildman–Crippen LogP) is 9.75. The molecule has 54 heavy (non-hydrogen) atoms. The van der Waals surface area contributed by atoms with Crippen LogP contribution in [0.3, 0.4) is 0 Å². The molecule has 0 N–H and O–H groups in total. The lowest BCUT2D eigenvalue weighted by Crippen LogP contribution is -2.41. The van der Waals surface area contributed by atoms with E-state index < -0.39 is 8.07 Å². The molecular weight excluding hydrogens is 678 g/mol. The number of hydrogen-bond donors (Lipinski definition) is 0. The molecule has 5 aromatic carbocycles. The smallest absolute Gasteiger partial charge is 0.399 e. The number of fused-ring (bicyclic) bond motifs is 2. The molecule has 0 spiro atoms. The van der Waals surface area contributed by atoms with E-state index in [1.807, 2.05) is 6.08 Å². The van der Waals surface area contributed by atoms with Gasteiger partial charge in [-0.2, -0.15) is 0 Å². The molecule has 3 aliphatic heterocycles. The van der Waals surface area contributed by atoms with Crippen molar-refractivity contribution in [2.45, 2.75) is 97.3 Å². The Morgan fingerprint density at radius 1 is 0.537 bits per heavy atom. The van der Waals surface area contributed by atoms with Gasteiger partial charge in [-0.15, -0.1) is 6.58 Å². The average molecular weight is 733 g/mol. The molecule has 8 rings (SSSR count). The van der Waals surface area contributed by atoms with Crippen LogP contribution in [0.5, 0.6) is 0 Å². The molecule has 0 atom stereocenters. The Hall–Kier alpha value is -3.97. The van der Waals surface area contributed by atoms with Crippen molar-refractivity contribution in [1.82, 2.24) is 0 Å². The van der Waals surface area contributed by atoms with Gasteiger partial charge in [0.05, 0.1) is 22.4 Å². The SMILES string of the molecule is C=CCC1=C(c2ccc(B3OC(C)(C)C(C)(C)O3)cc2)[Si](C)(C)c2ccccc21.CC1(C)OB(c2ccc(-c3ccc4ccccc4c3)cc2)OC1(C)C. The van der Waals surface area contributed by atoms with Crippen molar-refractivity contribution in [3.63, 3.8) is 0 Å². The number of allylic oxidation sites excluding steroid dienone is 2. The highest BCUT2D eigenvalue weighted by Crippen LogP contribution is 2.42. The van der Waals surface area contributed by atoms with Crippen molar-refractivity contribution < 1.29 is 18.6 Å². The van der Waals surface area contributed by atoms with Gasteiger partial charge < -0.3 is 18.6 Å². The molecule has 0 bridgehead atoms. The Morgan fingerprint density at radius 2 is 0.981 bits per heavy atom. The summed E-state index contributed by atoms with van der Waals surface area (Å²) >= 11 is 0. The van der Waals surface area contributed by atoms with E-state index >= 15 is 0 Å². The zero-order valence-corrected chi connectivity index (χ0v) is 34.7. The molecular formula is C47H54B2O4Si. The van der Waals surface area contributed by atoms with Crippen LogP contribution in [-0.4, -0.2) is 44.7 Å². The first kappa shape index (κ1) is 38.3. The highest BCUT2D eigenvalue weighted by molar-refractivity contribution is 7.07. The first-order valence-electron chi connectivity index (χ1n) is 19.3. The quantitative estimate of drug-likeness (QED) is 0.129. The van der Waals surface area contributed by atoms with Gasteiger partial charge in [-0.3, -0.25) is 0 Å². The van der Waals surface area contributed by atoms with Gasteiger partial charge in [-0.25, -0.2) is 0 Å². The van der Waals surface area contributed by atoms with Crippen LogP contribution in [-0.2, 0) is 18.6 Å².